The van der Waals surface area contributed by atoms with Crippen LogP contribution in [0.2, 0.25) is 0 Å². The number of hydrogen-bond donors (Lipinski definition) is 2. The number of carbonyl (C=O) groups is 1. The second-order valence-corrected chi connectivity index (χ2v) is 7.25. The number of rotatable bonds is 4. The first-order chi connectivity index (χ1) is 13.5. The van der Waals surface area contributed by atoms with Crippen molar-refractivity contribution in [2.24, 2.45) is 0 Å². The normalized spacial score (nSPS) is 14.4. The summed E-state index contributed by atoms with van der Waals surface area (Å²) in [7, 11) is 1.72. The average Bonchev–Trinajstić information content (AvgIpc) is 3.07. The number of carbonyl (C=O) groups excluding carboxylic acids is 1. The molecular formula is C20H21FN4O2S. The minimum atomic E-state index is -0.483. The van der Waals surface area contributed by atoms with Crippen molar-refractivity contribution in [1.29, 1.82) is 0 Å². The quantitative estimate of drug-likeness (QED) is 0.659. The van der Waals surface area contributed by atoms with Gasteiger partial charge in [0.25, 0.3) is 5.91 Å². The minimum absolute atomic E-state index is 0.258. The molecule has 0 spiro atoms. The van der Waals surface area contributed by atoms with E-state index in [9.17, 15) is 9.18 Å². The van der Waals surface area contributed by atoms with Gasteiger partial charge in [-0.2, -0.15) is 0 Å². The van der Waals surface area contributed by atoms with Gasteiger partial charge in [-0.1, -0.05) is 18.2 Å². The van der Waals surface area contributed by atoms with Gasteiger partial charge in [0, 0.05) is 32.4 Å². The van der Waals surface area contributed by atoms with Crippen LogP contribution in [-0.2, 0) is 11.3 Å². The van der Waals surface area contributed by atoms with Gasteiger partial charge in [0.1, 0.15) is 5.82 Å². The lowest BCUT2D eigenvalue weighted by atomic mass is 10.1. The fourth-order valence-electron chi connectivity index (χ4n) is 3.57. The van der Waals surface area contributed by atoms with Crippen LogP contribution in [0.3, 0.4) is 0 Å². The molecule has 6 nitrogen and oxygen atoms in total. The van der Waals surface area contributed by atoms with E-state index in [2.05, 4.69) is 20.9 Å². The summed E-state index contributed by atoms with van der Waals surface area (Å²) in [4.78, 5) is 22.7. The van der Waals surface area contributed by atoms with Crippen molar-refractivity contribution >= 4 is 34.8 Å². The number of ether oxygens (including phenoxy) is 1. The zero-order chi connectivity index (χ0) is 19.7. The summed E-state index contributed by atoms with van der Waals surface area (Å²) in [5.74, 6) is -0.755. The molecule has 8 heteroatoms. The molecule has 2 heterocycles. The van der Waals surface area contributed by atoms with E-state index in [-0.39, 0.29) is 11.5 Å². The summed E-state index contributed by atoms with van der Waals surface area (Å²) in [6, 6.07) is 10.6. The van der Waals surface area contributed by atoms with Crippen molar-refractivity contribution in [1.82, 2.24) is 14.9 Å². The van der Waals surface area contributed by atoms with Crippen molar-refractivity contribution in [3.05, 3.63) is 58.1 Å². The Hall–Kier alpha value is -2.71. The van der Waals surface area contributed by atoms with Gasteiger partial charge in [0.2, 0.25) is 0 Å². The number of imidazole rings is 1. The highest BCUT2D eigenvalue weighted by atomic mass is 32.1. The molecule has 3 aromatic rings. The third-order valence-electron chi connectivity index (χ3n) is 4.92. The fourth-order valence-corrected chi connectivity index (χ4v) is 3.78. The molecule has 1 aromatic heterocycles. The average molecular weight is 400 g/mol. The summed E-state index contributed by atoms with van der Waals surface area (Å²) in [6.45, 7) is 3.43. The molecule has 1 amide bonds. The molecule has 4 rings (SSSR count). The predicted molar refractivity (Wildman–Crippen MR) is 109 cm³/mol. The van der Waals surface area contributed by atoms with Crippen LogP contribution in [0.25, 0.3) is 11.0 Å². The first kappa shape index (κ1) is 18.6. The van der Waals surface area contributed by atoms with Crippen LogP contribution in [0.15, 0.2) is 36.4 Å². The van der Waals surface area contributed by atoms with Crippen molar-refractivity contribution < 1.29 is 13.9 Å². The predicted octanol–water partition coefficient (Wildman–Crippen LogP) is 3.47. The molecule has 1 aliphatic rings. The molecule has 2 N–H and O–H groups in total. The van der Waals surface area contributed by atoms with E-state index in [4.69, 9.17) is 17.0 Å². The van der Waals surface area contributed by atoms with Gasteiger partial charge in [0.15, 0.2) is 4.77 Å². The standard InChI is InChI=1S/C20H21FN4O2S/c1-24(12-13-4-2-3-5-17(13)25-6-8-27-9-7-25)19(26)15-10-14(21)11-16-18(15)23-20(28)22-16/h2-5,10-11H,6-9,12H2,1H3,(H2,22,23,28). The Balaban J connectivity index is 1.62. The second-order valence-electron chi connectivity index (χ2n) is 6.84. The van der Waals surface area contributed by atoms with Crippen LogP contribution >= 0.6 is 12.2 Å². The summed E-state index contributed by atoms with van der Waals surface area (Å²) in [5, 5.41) is 0. The van der Waals surface area contributed by atoms with Crippen LogP contribution in [0.1, 0.15) is 15.9 Å². The Labute approximate surface area is 166 Å². The lowest BCUT2D eigenvalue weighted by Crippen LogP contribution is -2.37. The number of anilines is 1. The number of halogens is 1. The number of aromatic nitrogens is 2. The molecule has 1 aliphatic heterocycles. The second kappa shape index (κ2) is 7.73. The van der Waals surface area contributed by atoms with Crippen molar-refractivity contribution in [3.8, 4) is 0 Å². The molecule has 1 saturated heterocycles. The topological polar surface area (TPSA) is 64.4 Å². The van der Waals surface area contributed by atoms with Crippen LogP contribution in [0, 0.1) is 10.6 Å². The number of amides is 1. The maximum Gasteiger partial charge on any atom is 0.256 e. The maximum absolute atomic E-state index is 14.0. The van der Waals surface area contributed by atoms with Gasteiger partial charge in [0.05, 0.1) is 29.8 Å². The van der Waals surface area contributed by atoms with E-state index in [1.165, 1.54) is 12.1 Å². The van der Waals surface area contributed by atoms with E-state index in [1.54, 1.807) is 11.9 Å². The van der Waals surface area contributed by atoms with Gasteiger partial charge in [-0.3, -0.25) is 4.79 Å². The third kappa shape index (κ3) is 3.65. The van der Waals surface area contributed by atoms with E-state index in [1.807, 2.05) is 18.2 Å². The lowest BCUT2D eigenvalue weighted by molar-refractivity contribution is 0.0786. The van der Waals surface area contributed by atoms with E-state index >= 15 is 0 Å². The van der Waals surface area contributed by atoms with Gasteiger partial charge in [-0.15, -0.1) is 0 Å². The van der Waals surface area contributed by atoms with E-state index in [0.29, 0.717) is 35.6 Å². The molecule has 146 valence electrons. The monoisotopic (exact) mass is 400 g/mol. The van der Waals surface area contributed by atoms with E-state index in [0.717, 1.165) is 24.3 Å². The molecule has 28 heavy (non-hydrogen) atoms. The molecule has 0 saturated carbocycles. The third-order valence-corrected chi connectivity index (χ3v) is 5.12. The van der Waals surface area contributed by atoms with Crippen LogP contribution in [-0.4, -0.2) is 54.1 Å². The number of aromatic amines is 2. The summed E-state index contributed by atoms with van der Waals surface area (Å²) < 4.78 is 19.8. The lowest BCUT2D eigenvalue weighted by Gasteiger charge is -2.31. The van der Waals surface area contributed by atoms with Gasteiger partial charge in [-0.05, 0) is 36.0 Å². The Morgan fingerprint density at radius 3 is 2.79 bits per heavy atom. The molecule has 1 fully saturated rings. The molecule has 0 atom stereocenters. The number of H-pyrrole nitrogens is 2. The number of hydrogen-bond acceptors (Lipinski definition) is 4. The van der Waals surface area contributed by atoms with Crippen molar-refractivity contribution in [3.63, 3.8) is 0 Å². The molecule has 0 aliphatic carbocycles. The van der Waals surface area contributed by atoms with Crippen molar-refractivity contribution in [2.75, 3.05) is 38.3 Å². The number of nitrogens with zero attached hydrogens (tertiary/aromatic N) is 2. The number of morpholine rings is 1. The Bertz CT molecular complexity index is 1070. The van der Waals surface area contributed by atoms with E-state index < -0.39 is 5.82 Å². The fraction of sp³-hybridized carbons (Fsp3) is 0.300. The molecule has 2 aromatic carbocycles. The molecule has 0 unspecified atom stereocenters. The first-order valence-electron chi connectivity index (χ1n) is 9.10. The minimum Gasteiger partial charge on any atom is -0.378 e. The smallest absolute Gasteiger partial charge is 0.256 e. The first-order valence-corrected chi connectivity index (χ1v) is 9.51. The Morgan fingerprint density at radius 2 is 2.00 bits per heavy atom. The molecule has 0 radical (unpaired) electrons. The number of nitrogens with one attached hydrogen (secondary N) is 2. The van der Waals surface area contributed by atoms with Gasteiger partial charge in [-0.25, -0.2) is 4.39 Å². The summed E-state index contributed by atoms with van der Waals surface area (Å²) in [5.41, 5.74) is 3.39. The zero-order valence-corrected chi connectivity index (χ0v) is 16.3. The summed E-state index contributed by atoms with van der Waals surface area (Å²) >= 11 is 5.09. The van der Waals surface area contributed by atoms with Gasteiger partial charge >= 0.3 is 0 Å². The SMILES string of the molecule is CN(Cc1ccccc1N1CCOCC1)C(=O)c1cc(F)cc2[nH]c(=S)[nH]c12. The maximum atomic E-state index is 14.0. The summed E-state index contributed by atoms with van der Waals surface area (Å²) in [6.07, 6.45) is 0. The highest BCUT2D eigenvalue weighted by molar-refractivity contribution is 7.71. The highest BCUT2D eigenvalue weighted by Gasteiger charge is 2.20. The van der Waals surface area contributed by atoms with Crippen LogP contribution < -0.4 is 4.90 Å². The Kier molecular flexibility index (Phi) is 5.15. The highest BCUT2D eigenvalue weighted by Crippen LogP contribution is 2.24. The molecule has 0 bridgehead atoms. The van der Waals surface area contributed by atoms with Crippen molar-refractivity contribution in [2.45, 2.75) is 6.54 Å². The molecular weight excluding hydrogens is 379 g/mol. The van der Waals surface area contributed by atoms with Gasteiger partial charge < -0.3 is 24.5 Å². The Morgan fingerprint density at radius 1 is 1.25 bits per heavy atom. The number of benzene rings is 2. The number of fused-ring (bicyclic) bond motifs is 1. The van der Waals surface area contributed by atoms with Crippen LogP contribution in [0.4, 0.5) is 10.1 Å². The largest absolute Gasteiger partial charge is 0.378 e. The van der Waals surface area contributed by atoms with Crippen LogP contribution in [0.5, 0.6) is 0 Å². The number of para-hydroxylation sites is 1. The zero-order valence-electron chi connectivity index (χ0n) is 15.5.